The molecule has 1 aromatic carbocycles. The number of Topliss-reactive ketones (excluding diaryl/α,β-unsaturated/α-hetero) is 1. The number of allylic oxidation sites excluding steroid dienone is 1. The minimum Gasteiger partial charge on any atom is -0.291 e. The van der Waals surface area contributed by atoms with Gasteiger partial charge < -0.3 is 0 Å². The number of carbonyl (C=O) groups excluding carboxylic acids is 1. The van der Waals surface area contributed by atoms with Gasteiger partial charge in [-0.25, -0.2) is 17.5 Å². The molecule has 216 valence electrons. The molecule has 0 unspecified atom stereocenters. The van der Waals surface area contributed by atoms with Gasteiger partial charge in [-0.2, -0.15) is 14.5 Å². The van der Waals surface area contributed by atoms with Crippen LogP contribution in [0.15, 0.2) is 71.7 Å². The summed E-state index contributed by atoms with van der Waals surface area (Å²) in [6, 6.07) is 10.4. The molecule has 0 bridgehead atoms. The van der Waals surface area contributed by atoms with Crippen LogP contribution < -0.4 is 0 Å². The van der Waals surface area contributed by atoms with Gasteiger partial charge in [-0.1, -0.05) is 17.2 Å². The first kappa shape index (κ1) is 27.2. The monoisotopic (exact) mass is 606 g/mol. The first-order valence-electron chi connectivity index (χ1n) is 13.9. The second kappa shape index (κ2) is 9.96. The van der Waals surface area contributed by atoms with E-state index < -0.39 is 21.5 Å². The highest BCUT2D eigenvalue weighted by atomic mass is 35.5. The van der Waals surface area contributed by atoms with E-state index in [9.17, 15) is 17.6 Å². The smallest absolute Gasteiger partial charge is 0.262 e. The molecule has 0 saturated heterocycles. The number of ketones is 1. The molecule has 3 aromatic heterocycles. The minimum atomic E-state index is -3.88. The average molecular weight is 607 g/mol. The Bertz CT molecular complexity index is 1830. The van der Waals surface area contributed by atoms with Gasteiger partial charge in [0.2, 0.25) is 0 Å². The number of rotatable bonds is 7. The van der Waals surface area contributed by atoms with E-state index in [1.54, 1.807) is 52.7 Å². The molecule has 9 nitrogen and oxygen atoms in total. The summed E-state index contributed by atoms with van der Waals surface area (Å²) in [6.07, 6.45) is 10.1. The van der Waals surface area contributed by atoms with Crippen molar-refractivity contribution >= 4 is 33.5 Å². The molecular weight excluding hydrogens is 579 g/mol. The summed E-state index contributed by atoms with van der Waals surface area (Å²) in [7, 11) is -2.19. The van der Waals surface area contributed by atoms with E-state index in [0.717, 1.165) is 29.7 Å². The Morgan fingerprint density at radius 3 is 2.52 bits per heavy atom. The Balaban J connectivity index is 1.32. The molecule has 42 heavy (non-hydrogen) atoms. The number of benzene rings is 1. The van der Waals surface area contributed by atoms with Gasteiger partial charge in [-0.15, -0.1) is 0 Å². The maximum Gasteiger partial charge on any atom is 0.262 e. The van der Waals surface area contributed by atoms with E-state index in [0.29, 0.717) is 36.4 Å². The van der Waals surface area contributed by atoms with Crippen molar-refractivity contribution in [3.05, 3.63) is 94.4 Å². The third-order valence-electron chi connectivity index (χ3n) is 8.60. The Kier molecular flexibility index (Phi) is 6.45. The van der Waals surface area contributed by atoms with E-state index >= 15 is 0 Å². The number of pyridine rings is 1. The maximum absolute atomic E-state index is 14.5. The molecule has 12 heteroatoms. The van der Waals surface area contributed by atoms with Crippen molar-refractivity contribution in [2.75, 3.05) is 0 Å². The molecule has 4 aromatic rings. The Labute approximate surface area is 247 Å². The molecule has 2 saturated carbocycles. The van der Waals surface area contributed by atoms with Crippen molar-refractivity contribution in [1.29, 1.82) is 0 Å². The number of hydrogen-bond acceptors (Lipinski definition) is 6. The van der Waals surface area contributed by atoms with Gasteiger partial charge >= 0.3 is 0 Å². The van der Waals surface area contributed by atoms with Crippen molar-refractivity contribution in [3.8, 4) is 5.69 Å². The van der Waals surface area contributed by atoms with E-state index in [2.05, 4.69) is 15.2 Å². The van der Waals surface area contributed by atoms with E-state index in [4.69, 9.17) is 11.6 Å². The number of hydrogen-bond donors (Lipinski definition) is 0. The van der Waals surface area contributed by atoms with E-state index in [1.165, 1.54) is 29.1 Å². The third-order valence-corrected chi connectivity index (χ3v) is 10.7. The molecular formula is C30H28ClFN6O3S. The predicted molar refractivity (Wildman–Crippen MR) is 154 cm³/mol. The van der Waals surface area contributed by atoms with Crippen LogP contribution in [0.1, 0.15) is 53.8 Å². The number of carbonyl (C=O) groups is 1. The number of sulfonamides is 1. The van der Waals surface area contributed by atoms with Crippen LogP contribution in [0.25, 0.3) is 11.8 Å². The first-order valence-corrected chi connectivity index (χ1v) is 15.7. The Hall–Kier alpha value is -3.67. The van der Waals surface area contributed by atoms with Crippen LogP contribution >= 0.6 is 11.6 Å². The van der Waals surface area contributed by atoms with E-state index in [1.807, 2.05) is 6.08 Å². The second-order valence-corrected chi connectivity index (χ2v) is 13.6. The average Bonchev–Trinajstić information content (AvgIpc) is 3.55. The second-order valence-electron chi connectivity index (χ2n) is 11.4. The zero-order valence-electron chi connectivity index (χ0n) is 22.8. The quantitative estimate of drug-likeness (QED) is 0.274. The van der Waals surface area contributed by atoms with Crippen molar-refractivity contribution in [3.63, 3.8) is 0 Å². The fraction of sp³-hybridized carbons (Fsp3) is 0.333. The SMILES string of the molecule is Cn1ccc(S(=O)(=O)N(C2CC2)[C@H]2CCC3=Cc4c(cnn4-c4ccc(F)cc4)C[C@]3(C(=O)c3ccc(Cl)cn3)C2)n1. The minimum absolute atomic E-state index is 0.0180. The van der Waals surface area contributed by atoms with Gasteiger partial charge in [-0.3, -0.25) is 14.5 Å². The molecule has 0 aliphatic heterocycles. The van der Waals surface area contributed by atoms with Crippen molar-refractivity contribution in [2.45, 2.75) is 55.6 Å². The highest BCUT2D eigenvalue weighted by Gasteiger charge is 2.54. The lowest BCUT2D eigenvalue weighted by Crippen LogP contribution is -2.51. The molecule has 0 amide bonds. The summed E-state index contributed by atoms with van der Waals surface area (Å²) >= 11 is 6.09. The highest BCUT2D eigenvalue weighted by molar-refractivity contribution is 7.89. The summed E-state index contributed by atoms with van der Waals surface area (Å²) < 4.78 is 46.4. The van der Waals surface area contributed by atoms with Crippen LogP contribution in [0.2, 0.25) is 5.02 Å². The van der Waals surface area contributed by atoms with Gasteiger partial charge in [0.15, 0.2) is 10.8 Å². The van der Waals surface area contributed by atoms with Gasteiger partial charge in [-0.05, 0) is 92.6 Å². The standard InChI is InChI=1S/C30H28ClFN6O3S/c1-36-13-12-28(35-36)42(40,41)38(24-9-10-24)25-6-2-20-14-27-19(17-34-37(27)23-7-4-22(32)5-8-23)15-30(20,16-25)29(39)26-11-3-21(31)18-33-26/h3-5,7-8,11-14,17-18,24-25H,2,6,9-10,15-16H2,1H3/t25-,30-/m0/s1. The van der Waals surface area contributed by atoms with Crippen molar-refractivity contribution in [1.82, 2.24) is 28.9 Å². The number of fused-ring (bicyclic) bond motifs is 2. The summed E-state index contributed by atoms with van der Waals surface area (Å²) in [5.74, 6) is -0.501. The van der Waals surface area contributed by atoms with Crippen LogP contribution in [0, 0.1) is 11.2 Å². The molecule has 3 aliphatic carbocycles. The van der Waals surface area contributed by atoms with Gasteiger partial charge in [0.1, 0.15) is 11.5 Å². The molecule has 0 N–H and O–H groups in total. The topological polar surface area (TPSA) is 103 Å². The van der Waals surface area contributed by atoms with Crippen LogP contribution in [0.4, 0.5) is 4.39 Å². The fourth-order valence-corrected chi connectivity index (χ4v) is 8.47. The molecule has 0 radical (unpaired) electrons. The predicted octanol–water partition coefficient (Wildman–Crippen LogP) is 5.01. The highest BCUT2D eigenvalue weighted by Crippen LogP contribution is 2.52. The molecule has 7 rings (SSSR count). The lowest BCUT2D eigenvalue weighted by molar-refractivity contribution is 0.0733. The first-order chi connectivity index (χ1) is 20.2. The van der Waals surface area contributed by atoms with Crippen LogP contribution in [0.3, 0.4) is 0 Å². The van der Waals surface area contributed by atoms with Crippen LogP contribution in [-0.4, -0.2) is 55.1 Å². The third kappa shape index (κ3) is 4.50. The summed E-state index contributed by atoms with van der Waals surface area (Å²) in [5.41, 5.74) is 2.59. The summed E-state index contributed by atoms with van der Waals surface area (Å²) in [6.45, 7) is 0. The zero-order valence-corrected chi connectivity index (χ0v) is 24.4. The number of halogens is 2. The molecule has 3 aliphatic rings. The summed E-state index contributed by atoms with van der Waals surface area (Å²) in [5, 5.41) is 9.25. The van der Waals surface area contributed by atoms with E-state index in [-0.39, 0.29) is 28.4 Å². The maximum atomic E-state index is 14.5. The van der Waals surface area contributed by atoms with Crippen molar-refractivity contribution < 1.29 is 17.6 Å². The van der Waals surface area contributed by atoms with Crippen LogP contribution in [-0.2, 0) is 23.5 Å². The fourth-order valence-electron chi connectivity index (χ4n) is 6.50. The van der Waals surface area contributed by atoms with Crippen LogP contribution in [0.5, 0.6) is 0 Å². The zero-order chi connectivity index (χ0) is 29.2. The van der Waals surface area contributed by atoms with Gasteiger partial charge in [0.05, 0.1) is 28.0 Å². The largest absolute Gasteiger partial charge is 0.291 e. The van der Waals surface area contributed by atoms with Gasteiger partial charge in [0, 0.05) is 31.5 Å². The van der Waals surface area contributed by atoms with Gasteiger partial charge in [0.25, 0.3) is 10.0 Å². The van der Waals surface area contributed by atoms with Crippen molar-refractivity contribution in [2.24, 2.45) is 12.5 Å². The normalized spacial score (nSPS) is 22.0. The molecule has 3 heterocycles. The molecule has 2 fully saturated rings. The molecule has 0 spiro atoms. The Morgan fingerprint density at radius 2 is 1.86 bits per heavy atom. The Morgan fingerprint density at radius 1 is 1.07 bits per heavy atom. The number of aryl methyl sites for hydroxylation is 1. The molecule has 2 atom stereocenters. The lowest BCUT2D eigenvalue weighted by atomic mass is 9.60. The summed E-state index contributed by atoms with van der Waals surface area (Å²) in [4.78, 5) is 18.8. The number of nitrogens with zero attached hydrogens (tertiary/aromatic N) is 6. The number of aromatic nitrogens is 5. The lowest BCUT2D eigenvalue weighted by Gasteiger charge is -2.46.